The van der Waals surface area contributed by atoms with Crippen LogP contribution in [0.4, 0.5) is 0 Å². The fourth-order valence-electron chi connectivity index (χ4n) is 3.05. The summed E-state index contributed by atoms with van der Waals surface area (Å²) in [7, 11) is 3.06. The van der Waals surface area contributed by atoms with Gasteiger partial charge in [-0.1, -0.05) is 39.0 Å². The molecule has 0 aliphatic carbocycles. The number of nitrogens with zero attached hydrogens (tertiary/aromatic N) is 3. The third kappa shape index (κ3) is 3.94. The molecule has 0 saturated carbocycles. The van der Waals surface area contributed by atoms with E-state index in [4.69, 9.17) is 9.47 Å². The quantitative estimate of drug-likeness (QED) is 0.641. The molecule has 0 spiro atoms. The average molecular weight is 367 g/mol. The molecule has 0 saturated heterocycles. The summed E-state index contributed by atoms with van der Waals surface area (Å²) in [5, 5.41) is 9.20. The molecular formula is C21H25N3O3. The summed E-state index contributed by atoms with van der Waals surface area (Å²) in [4.78, 5) is 13.2. The van der Waals surface area contributed by atoms with Crippen molar-refractivity contribution in [3.05, 3.63) is 47.5 Å². The minimum absolute atomic E-state index is 0.145. The Morgan fingerprint density at radius 2 is 1.70 bits per heavy atom. The van der Waals surface area contributed by atoms with Gasteiger partial charge >= 0.3 is 5.97 Å². The Kier molecular flexibility index (Phi) is 5.17. The highest BCUT2D eigenvalue weighted by molar-refractivity contribution is 5.74. The maximum atomic E-state index is 11.6. The molecule has 0 unspecified atom stereocenters. The number of methoxy groups -OCH3 is 2. The van der Waals surface area contributed by atoms with E-state index in [1.165, 1.54) is 7.11 Å². The first kappa shape index (κ1) is 18.9. The van der Waals surface area contributed by atoms with Crippen molar-refractivity contribution in [2.75, 3.05) is 14.2 Å². The van der Waals surface area contributed by atoms with Crippen molar-refractivity contribution >= 4 is 17.0 Å². The molecule has 142 valence electrons. The molecule has 1 aromatic heterocycles. The first-order chi connectivity index (χ1) is 12.8. The summed E-state index contributed by atoms with van der Waals surface area (Å²) in [6.07, 6.45) is 0.897. The number of benzene rings is 2. The Bertz CT molecular complexity index is 937. The van der Waals surface area contributed by atoms with Crippen LogP contribution in [0.1, 0.15) is 38.3 Å². The van der Waals surface area contributed by atoms with E-state index in [1.54, 1.807) is 11.9 Å². The largest absolute Gasteiger partial charge is 0.494 e. The minimum Gasteiger partial charge on any atom is -0.494 e. The zero-order valence-electron chi connectivity index (χ0n) is 16.4. The number of carbonyl (C=O) groups excluding carboxylic acids is 1. The van der Waals surface area contributed by atoms with E-state index in [2.05, 4.69) is 37.0 Å². The third-order valence-corrected chi connectivity index (χ3v) is 4.49. The van der Waals surface area contributed by atoms with Crippen LogP contribution in [-0.2, 0) is 21.4 Å². The number of esters is 1. The fourth-order valence-corrected chi connectivity index (χ4v) is 3.05. The summed E-state index contributed by atoms with van der Waals surface area (Å²) in [5.41, 5.74) is 4.31. The van der Waals surface area contributed by atoms with Crippen LogP contribution in [-0.4, -0.2) is 35.2 Å². The van der Waals surface area contributed by atoms with Crippen LogP contribution in [0, 0.1) is 0 Å². The molecule has 0 radical (unpaired) electrons. The Hall–Kier alpha value is -2.89. The Balaban J connectivity index is 2.16. The third-order valence-electron chi connectivity index (χ3n) is 4.49. The molecule has 0 aliphatic rings. The second-order valence-electron chi connectivity index (χ2n) is 7.50. The zero-order chi connectivity index (χ0) is 19.6. The molecule has 2 aromatic carbocycles. The number of aromatic nitrogens is 3. The van der Waals surface area contributed by atoms with Crippen LogP contribution in [0.15, 0.2) is 36.4 Å². The van der Waals surface area contributed by atoms with Crippen LogP contribution < -0.4 is 4.74 Å². The standard InChI is InChI=1S/C21H25N3O3/c1-21(2,3)15-12-14(10-11-19(25)26-4)13-18(20(15)27-5)24-22-16-8-6-7-9-17(16)23-24/h6-9,12-13H,10-11H2,1-5H3. The Morgan fingerprint density at radius 1 is 1.07 bits per heavy atom. The van der Waals surface area contributed by atoms with Crippen LogP contribution >= 0.6 is 0 Å². The van der Waals surface area contributed by atoms with E-state index in [-0.39, 0.29) is 11.4 Å². The van der Waals surface area contributed by atoms with Gasteiger partial charge in [-0.15, -0.1) is 15.0 Å². The second-order valence-corrected chi connectivity index (χ2v) is 7.50. The molecule has 0 atom stereocenters. The van der Waals surface area contributed by atoms with Crippen molar-refractivity contribution in [2.24, 2.45) is 0 Å². The van der Waals surface area contributed by atoms with Gasteiger partial charge in [-0.25, -0.2) is 0 Å². The molecule has 0 bridgehead atoms. The highest BCUT2D eigenvalue weighted by atomic mass is 16.5. The summed E-state index contributed by atoms with van der Waals surface area (Å²) < 4.78 is 10.5. The lowest BCUT2D eigenvalue weighted by atomic mass is 9.84. The lowest BCUT2D eigenvalue weighted by Crippen LogP contribution is -2.16. The number of hydrogen-bond acceptors (Lipinski definition) is 5. The van der Waals surface area contributed by atoms with E-state index in [1.807, 2.05) is 30.3 Å². The van der Waals surface area contributed by atoms with Crippen molar-refractivity contribution in [3.63, 3.8) is 0 Å². The lowest BCUT2D eigenvalue weighted by molar-refractivity contribution is -0.140. The van der Waals surface area contributed by atoms with Gasteiger partial charge in [-0.3, -0.25) is 4.79 Å². The summed E-state index contributed by atoms with van der Waals surface area (Å²) in [6.45, 7) is 6.39. The number of hydrogen-bond donors (Lipinski definition) is 0. The Labute approximate surface area is 159 Å². The van der Waals surface area contributed by atoms with E-state index in [0.717, 1.165) is 33.6 Å². The van der Waals surface area contributed by atoms with Gasteiger partial charge in [0.05, 0.1) is 14.2 Å². The summed E-state index contributed by atoms with van der Waals surface area (Å²) in [6, 6.07) is 11.8. The van der Waals surface area contributed by atoms with Crippen molar-refractivity contribution in [2.45, 2.75) is 39.0 Å². The van der Waals surface area contributed by atoms with Gasteiger partial charge in [-0.2, -0.15) is 0 Å². The number of fused-ring (bicyclic) bond motifs is 1. The van der Waals surface area contributed by atoms with Crippen molar-refractivity contribution in [1.29, 1.82) is 0 Å². The SMILES string of the molecule is COC(=O)CCc1cc(-n2nc3ccccc3n2)c(OC)c(C(C)(C)C)c1. The molecule has 3 rings (SSSR count). The molecule has 3 aromatic rings. The molecule has 0 N–H and O–H groups in total. The molecule has 6 heteroatoms. The van der Waals surface area contributed by atoms with E-state index in [0.29, 0.717) is 12.8 Å². The monoisotopic (exact) mass is 367 g/mol. The van der Waals surface area contributed by atoms with E-state index < -0.39 is 0 Å². The molecule has 0 fully saturated rings. The van der Waals surface area contributed by atoms with Crippen molar-refractivity contribution in [1.82, 2.24) is 15.0 Å². The molecule has 1 heterocycles. The molecule has 6 nitrogen and oxygen atoms in total. The summed E-state index contributed by atoms with van der Waals surface area (Å²) in [5.74, 6) is 0.511. The average Bonchev–Trinajstić information content (AvgIpc) is 3.08. The zero-order valence-corrected chi connectivity index (χ0v) is 16.4. The molecule has 27 heavy (non-hydrogen) atoms. The van der Waals surface area contributed by atoms with Gasteiger partial charge in [0.2, 0.25) is 0 Å². The first-order valence-corrected chi connectivity index (χ1v) is 8.94. The van der Waals surface area contributed by atoms with Gasteiger partial charge in [-0.05, 0) is 35.6 Å². The number of rotatable bonds is 5. The number of ether oxygens (including phenoxy) is 2. The number of carbonyl (C=O) groups is 1. The van der Waals surface area contributed by atoms with E-state index >= 15 is 0 Å². The van der Waals surface area contributed by atoms with Gasteiger partial charge in [0.15, 0.2) is 0 Å². The van der Waals surface area contributed by atoms with Gasteiger partial charge in [0.25, 0.3) is 0 Å². The first-order valence-electron chi connectivity index (χ1n) is 8.94. The predicted octanol–water partition coefficient (Wildman–Crippen LogP) is 3.83. The molecule has 0 amide bonds. The molecule has 0 aliphatic heterocycles. The second kappa shape index (κ2) is 7.39. The van der Waals surface area contributed by atoms with Gasteiger partial charge in [0, 0.05) is 12.0 Å². The maximum absolute atomic E-state index is 11.6. The summed E-state index contributed by atoms with van der Waals surface area (Å²) >= 11 is 0. The van der Waals surface area contributed by atoms with Crippen LogP contribution in [0.3, 0.4) is 0 Å². The van der Waals surface area contributed by atoms with E-state index in [9.17, 15) is 4.79 Å². The highest BCUT2D eigenvalue weighted by Crippen LogP contribution is 2.37. The number of aryl methyl sites for hydroxylation is 1. The van der Waals surface area contributed by atoms with Crippen molar-refractivity contribution < 1.29 is 14.3 Å². The van der Waals surface area contributed by atoms with Crippen LogP contribution in [0.25, 0.3) is 16.7 Å². The van der Waals surface area contributed by atoms with Crippen LogP contribution in [0.5, 0.6) is 5.75 Å². The maximum Gasteiger partial charge on any atom is 0.305 e. The Morgan fingerprint density at radius 3 is 2.22 bits per heavy atom. The minimum atomic E-state index is -0.229. The normalized spacial score (nSPS) is 11.6. The molecular weight excluding hydrogens is 342 g/mol. The topological polar surface area (TPSA) is 66.2 Å². The van der Waals surface area contributed by atoms with Gasteiger partial charge in [0.1, 0.15) is 22.5 Å². The van der Waals surface area contributed by atoms with Crippen LogP contribution in [0.2, 0.25) is 0 Å². The smallest absolute Gasteiger partial charge is 0.305 e. The van der Waals surface area contributed by atoms with Gasteiger partial charge < -0.3 is 9.47 Å². The lowest BCUT2D eigenvalue weighted by Gasteiger charge is -2.25. The van der Waals surface area contributed by atoms with Crippen molar-refractivity contribution in [3.8, 4) is 11.4 Å². The highest BCUT2D eigenvalue weighted by Gasteiger charge is 2.24. The predicted molar refractivity (Wildman–Crippen MR) is 104 cm³/mol. The fraction of sp³-hybridized carbons (Fsp3) is 0.381.